The van der Waals surface area contributed by atoms with Gasteiger partial charge >= 0.3 is 0 Å². The van der Waals surface area contributed by atoms with Gasteiger partial charge in [0.2, 0.25) is 5.65 Å². The Morgan fingerprint density at radius 2 is 2.35 bits per heavy atom. The Morgan fingerprint density at radius 3 is 3.17 bits per heavy atom. The fourth-order valence-electron chi connectivity index (χ4n) is 3.17. The van der Waals surface area contributed by atoms with Crippen LogP contribution in [-0.2, 0) is 7.05 Å². The number of ketones is 1. The second kappa shape index (κ2) is 5.45. The Bertz CT molecular complexity index is 852. The second-order valence-electron chi connectivity index (χ2n) is 5.83. The fraction of sp³-hybridized carbons (Fsp3) is 0.400. The molecule has 0 unspecified atom stereocenters. The molecular formula is C15H17N7O. The number of aryl methyl sites for hydroxylation is 1. The Hall–Kier alpha value is -2.77. The summed E-state index contributed by atoms with van der Waals surface area (Å²) in [6.07, 6.45) is 11.1. The van der Waals surface area contributed by atoms with Crippen molar-refractivity contribution in [3.63, 3.8) is 0 Å². The Balaban J connectivity index is 1.59. The van der Waals surface area contributed by atoms with Gasteiger partial charge in [-0.25, -0.2) is 4.98 Å². The van der Waals surface area contributed by atoms with E-state index in [0.717, 1.165) is 30.9 Å². The zero-order chi connectivity index (χ0) is 15.8. The van der Waals surface area contributed by atoms with Crippen LogP contribution in [0.1, 0.15) is 29.6 Å². The molecule has 0 N–H and O–H groups in total. The molecule has 23 heavy (non-hydrogen) atoms. The molecule has 1 saturated heterocycles. The van der Waals surface area contributed by atoms with E-state index < -0.39 is 0 Å². The minimum Gasteiger partial charge on any atom is -0.350 e. The molecule has 4 heterocycles. The molecule has 3 aromatic rings. The molecule has 4 rings (SSSR count). The normalized spacial score (nSPS) is 18.0. The molecule has 1 fully saturated rings. The molecule has 1 atom stereocenters. The molecule has 0 aromatic carbocycles. The first kappa shape index (κ1) is 13.9. The number of nitrogens with zero attached hydrogens (tertiary/aromatic N) is 7. The minimum absolute atomic E-state index is 0.114. The summed E-state index contributed by atoms with van der Waals surface area (Å²) in [6.45, 7) is 0.879. The third-order valence-electron chi connectivity index (χ3n) is 4.29. The second-order valence-corrected chi connectivity index (χ2v) is 5.83. The average Bonchev–Trinajstić information content (AvgIpc) is 3.26. The molecule has 0 saturated carbocycles. The fourth-order valence-corrected chi connectivity index (χ4v) is 3.17. The third-order valence-corrected chi connectivity index (χ3v) is 4.29. The topological polar surface area (TPSA) is 81.2 Å². The first-order valence-electron chi connectivity index (χ1n) is 7.65. The van der Waals surface area contributed by atoms with Crippen molar-refractivity contribution in [1.29, 1.82) is 0 Å². The number of carbonyl (C=O) groups is 1. The van der Waals surface area contributed by atoms with Gasteiger partial charge in [-0.1, -0.05) is 0 Å². The van der Waals surface area contributed by atoms with Crippen LogP contribution in [0.4, 0.5) is 5.82 Å². The number of hydrogen-bond donors (Lipinski definition) is 0. The van der Waals surface area contributed by atoms with E-state index in [-0.39, 0.29) is 11.8 Å². The van der Waals surface area contributed by atoms with E-state index in [1.165, 1.54) is 0 Å². The zero-order valence-electron chi connectivity index (χ0n) is 12.8. The summed E-state index contributed by atoms with van der Waals surface area (Å²) >= 11 is 0. The molecule has 3 aromatic heterocycles. The maximum atomic E-state index is 12.5. The summed E-state index contributed by atoms with van der Waals surface area (Å²) in [7, 11) is 1.81. The highest BCUT2D eigenvalue weighted by Gasteiger charge is 2.30. The van der Waals surface area contributed by atoms with Gasteiger partial charge in [-0.2, -0.15) is 5.10 Å². The molecule has 1 aliphatic rings. The van der Waals surface area contributed by atoms with Crippen LogP contribution in [0.15, 0.2) is 31.1 Å². The number of rotatable bonds is 4. The molecule has 0 radical (unpaired) electrons. The Morgan fingerprint density at radius 1 is 1.43 bits per heavy atom. The lowest BCUT2D eigenvalue weighted by Crippen LogP contribution is -2.32. The van der Waals surface area contributed by atoms with Gasteiger partial charge in [0, 0.05) is 44.6 Å². The van der Waals surface area contributed by atoms with Crippen molar-refractivity contribution in [2.45, 2.75) is 25.3 Å². The van der Waals surface area contributed by atoms with Crippen molar-refractivity contribution in [3.05, 3.63) is 36.7 Å². The summed E-state index contributed by atoms with van der Waals surface area (Å²) in [5.74, 6) is 0.912. The van der Waals surface area contributed by atoms with E-state index in [1.54, 1.807) is 29.6 Å². The largest absolute Gasteiger partial charge is 0.350 e. The van der Waals surface area contributed by atoms with Gasteiger partial charge < -0.3 is 4.90 Å². The van der Waals surface area contributed by atoms with Gasteiger partial charge in [0.15, 0.2) is 11.6 Å². The van der Waals surface area contributed by atoms with Gasteiger partial charge in [0.25, 0.3) is 0 Å². The van der Waals surface area contributed by atoms with Crippen molar-refractivity contribution in [2.24, 2.45) is 7.05 Å². The lowest BCUT2D eigenvalue weighted by molar-refractivity contribution is 0.0974. The summed E-state index contributed by atoms with van der Waals surface area (Å²) in [6, 6.07) is 0.137. The maximum absolute atomic E-state index is 12.5. The van der Waals surface area contributed by atoms with Crippen molar-refractivity contribution in [2.75, 3.05) is 11.4 Å². The zero-order valence-corrected chi connectivity index (χ0v) is 12.8. The Kier molecular flexibility index (Phi) is 3.29. The SMILES string of the molecule is Cn1cc(C(=O)C[C@H]2CCCN2c2nccn3cnnc23)cn1. The molecular weight excluding hydrogens is 294 g/mol. The smallest absolute Gasteiger partial charge is 0.203 e. The van der Waals surface area contributed by atoms with E-state index in [2.05, 4.69) is 25.2 Å². The van der Waals surface area contributed by atoms with Crippen molar-refractivity contribution < 1.29 is 4.79 Å². The molecule has 118 valence electrons. The van der Waals surface area contributed by atoms with E-state index in [4.69, 9.17) is 0 Å². The summed E-state index contributed by atoms with van der Waals surface area (Å²) < 4.78 is 3.50. The average molecular weight is 311 g/mol. The predicted molar refractivity (Wildman–Crippen MR) is 83.3 cm³/mol. The molecule has 0 bridgehead atoms. The van der Waals surface area contributed by atoms with Gasteiger partial charge in [-0.15, -0.1) is 10.2 Å². The predicted octanol–water partition coefficient (Wildman–Crippen LogP) is 1.10. The van der Waals surface area contributed by atoms with E-state index >= 15 is 0 Å². The minimum atomic E-state index is 0.114. The van der Waals surface area contributed by atoms with Crippen LogP contribution in [0.2, 0.25) is 0 Å². The Labute approximate surface area is 132 Å². The number of Topliss-reactive ketones (excluding diaryl/α,β-unsaturated/α-hetero) is 1. The van der Waals surface area contributed by atoms with Crippen LogP contribution in [0.3, 0.4) is 0 Å². The molecule has 0 amide bonds. The van der Waals surface area contributed by atoms with Gasteiger partial charge in [0.05, 0.1) is 11.8 Å². The molecule has 1 aliphatic heterocycles. The third kappa shape index (κ3) is 2.45. The number of aromatic nitrogens is 6. The van der Waals surface area contributed by atoms with Crippen LogP contribution >= 0.6 is 0 Å². The van der Waals surface area contributed by atoms with Crippen LogP contribution in [0, 0.1) is 0 Å². The maximum Gasteiger partial charge on any atom is 0.203 e. The molecule has 0 aliphatic carbocycles. The monoisotopic (exact) mass is 311 g/mol. The van der Waals surface area contributed by atoms with E-state index in [0.29, 0.717) is 12.0 Å². The van der Waals surface area contributed by atoms with Crippen LogP contribution in [-0.4, -0.2) is 47.7 Å². The van der Waals surface area contributed by atoms with Crippen LogP contribution in [0.5, 0.6) is 0 Å². The molecule has 0 spiro atoms. The lowest BCUT2D eigenvalue weighted by atomic mass is 10.0. The number of carbonyl (C=O) groups excluding carboxylic acids is 1. The number of fused-ring (bicyclic) bond motifs is 1. The lowest BCUT2D eigenvalue weighted by Gasteiger charge is -2.25. The van der Waals surface area contributed by atoms with Gasteiger partial charge in [0.1, 0.15) is 6.33 Å². The number of hydrogen-bond acceptors (Lipinski definition) is 6. The standard InChI is InChI=1S/C15H17N7O/c1-20-9-11(8-18-20)13(23)7-12-3-2-5-22(12)14-15-19-17-10-21(15)6-4-16-14/h4,6,8-10,12H,2-3,5,7H2,1H3/t12-/m1/s1. The first-order chi connectivity index (χ1) is 11.2. The first-order valence-corrected chi connectivity index (χ1v) is 7.65. The quantitative estimate of drug-likeness (QED) is 0.671. The van der Waals surface area contributed by atoms with E-state index in [9.17, 15) is 4.79 Å². The van der Waals surface area contributed by atoms with Crippen molar-refractivity contribution in [3.8, 4) is 0 Å². The highest BCUT2D eigenvalue weighted by atomic mass is 16.1. The molecule has 8 heteroatoms. The van der Waals surface area contributed by atoms with Crippen LogP contribution < -0.4 is 4.90 Å². The van der Waals surface area contributed by atoms with Crippen LogP contribution in [0.25, 0.3) is 5.65 Å². The van der Waals surface area contributed by atoms with Crippen molar-refractivity contribution in [1.82, 2.24) is 29.4 Å². The summed E-state index contributed by atoms with van der Waals surface area (Å²) in [5, 5.41) is 12.2. The van der Waals surface area contributed by atoms with Crippen molar-refractivity contribution >= 4 is 17.2 Å². The molecule has 8 nitrogen and oxygen atoms in total. The number of anilines is 1. The highest BCUT2D eigenvalue weighted by Crippen LogP contribution is 2.28. The van der Waals surface area contributed by atoms with Gasteiger partial charge in [-0.05, 0) is 12.8 Å². The highest BCUT2D eigenvalue weighted by molar-refractivity contribution is 5.96. The van der Waals surface area contributed by atoms with Gasteiger partial charge in [-0.3, -0.25) is 13.9 Å². The summed E-state index contributed by atoms with van der Waals surface area (Å²) in [4.78, 5) is 19.1. The summed E-state index contributed by atoms with van der Waals surface area (Å²) in [5.41, 5.74) is 1.39. The van der Waals surface area contributed by atoms with E-state index in [1.807, 2.05) is 17.6 Å².